The number of anilines is 2. The van der Waals surface area contributed by atoms with E-state index in [1.165, 1.54) is 7.11 Å². The van der Waals surface area contributed by atoms with E-state index >= 15 is 0 Å². The van der Waals surface area contributed by atoms with Gasteiger partial charge in [-0.05, 0) is 37.3 Å². The fourth-order valence-electron chi connectivity index (χ4n) is 2.14. The minimum atomic E-state index is -0.388. The Hall–Kier alpha value is -2.56. The highest BCUT2D eigenvalue weighted by Gasteiger charge is 2.13. The lowest BCUT2D eigenvalue weighted by Crippen LogP contribution is -2.23. The Balaban J connectivity index is 2.24. The molecule has 5 nitrogen and oxygen atoms in total. The molecule has 0 aliphatic heterocycles. The molecule has 110 valence electrons. The van der Waals surface area contributed by atoms with E-state index in [0.717, 1.165) is 17.9 Å². The summed E-state index contributed by atoms with van der Waals surface area (Å²) in [6.45, 7) is 3.51. The number of hydrogen-bond acceptors (Lipinski definition) is 5. The van der Waals surface area contributed by atoms with Gasteiger partial charge in [0.1, 0.15) is 0 Å². The predicted octanol–water partition coefficient (Wildman–Crippen LogP) is 2.48. The molecule has 21 heavy (non-hydrogen) atoms. The van der Waals surface area contributed by atoms with Crippen molar-refractivity contribution < 1.29 is 9.53 Å². The van der Waals surface area contributed by atoms with Gasteiger partial charge in [0, 0.05) is 12.7 Å². The SMILES string of the molecule is CCN(Cc1ccccn1)c1ccc(C(=O)OC)cc1N. The monoisotopic (exact) mass is 285 g/mol. The molecule has 0 aliphatic carbocycles. The molecule has 2 aromatic rings. The zero-order chi connectivity index (χ0) is 15.2. The largest absolute Gasteiger partial charge is 0.465 e. The maximum atomic E-state index is 11.5. The van der Waals surface area contributed by atoms with E-state index in [0.29, 0.717) is 17.8 Å². The Bertz CT molecular complexity index is 614. The molecule has 0 saturated heterocycles. The van der Waals surface area contributed by atoms with Gasteiger partial charge in [-0.2, -0.15) is 0 Å². The van der Waals surface area contributed by atoms with Crippen LogP contribution >= 0.6 is 0 Å². The number of nitrogens with two attached hydrogens (primary N) is 1. The van der Waals surface area contributed by atoms with Crippen LogP contribution in [0.1, 0.15) is 23.0 Å². The number of benzene rings is 1. The lowest BCUT2D eigenvalue weighted by atomic mass is 10.1. The number of aromatic nitrogens is 1. The van der Waals surface area contributed by atoms with Crippen LogP contribution in [0.25, 0.3) is 0 Å². The highest BCUT2D eigenvalue weighted by Crippen LogP contribution is 2.25. The number of carbonyl (C=O) groups is 1. The molecule has 2 N–H and O–H groups in total. The van der Waals surface area contributed by atoms with Crippen molar-refractivity contribution in [1.82, 2.24) is 4.98 Å². The Morgan fingerprint density at radius 3 is 2.71 bits per heavy atom. The number of ether oxygens (including phenoxy) is 1. The number of nitrogen functional groups attached to an aromatic ring is 1. The Morgan fingerprint density at radius 1 is 1.33 bits per heavy atom. The van der Waals surface area contributed by atoms with Gasteiger partial charge in [0.25, 0.3) is 0 Å². The average molecular weight is 285 g/mol. The van der Waals surface area contributed by atoms with Crippen molar-refractivity contribution in [1.29, 1.82) is 0 Å². The molecule has 5 heteroatoms. The van der Waals surface area contributed by atoms with Gasteiger partial charge >= 0.3 is 5.97 Å². The van der Waals surface area contributed by atoms with Gasteiger partial charge < -0.3 is 15.4 Å². The van der Waals surface area contributed by atoms with Crippen LogP contribution < -0.4 is 10.6 Å². The van der Waals surface area contributed by atoms with Crippen LogP contribution in [0.5, 0.6) is 0 Å². The van der Waals surface area contributed by atoms with E-state index in [4.69, 9.17) is 10.5 Å². The lowest BCUT2D eigenvalue weighted by molar-refractivity contribution is 0.0601. The van der Waals surface area contributed by atoms with Gasteiger partial charge in [-0.1, -0.05) is 6.07 Å². The third-order valence-electron chi connectivity index (χ3n) is 3.25. The highest BCUT2D eigenvalue weighted by atomic mass is 16.5. The summed E-state index contributed by atoms with van der Waals surface area (Å²) >= 11 is 0. The maximum Gasteiger partial charge on any atom is 0.337 e. The van der Waals surface area contributed by atoms with E-state index in [-0.39, 0.29) is 5.97 Å². The Kier molecular flexibility index (Phi) is 4.77. The predicted molar refractivity (Wildman–Crippen MR) is 83.2 cm³/mol. The molecular weight excluding hydrogens is 266 g/mol. The number of esters is 1. The van der Waals surface area contributed by atoms with E-state index < -0.39 is 0 Å². The molecule has 0 amide bonds. The molecule has 0 atom stereocenters. The summed E-state index contributed by atoms with van der Waals surface area (Å²) in [4.78, 5) is 17.9. The van der Waals surface area contributed by atoms with Crippen LogP contribution in [0.2, 0.25) is 0 Å². The van der Waals surface area contributed by atoms with Gasteiger partial charge in [0.2, 0.25) is 0 Å². The Labute approximate surface area is 124 Å². The quantitative estimate of drug-likeness (QED) is 0.675. The number of carbonyl (C=O) groups excluding carboxylic acids is 1. The van der Waals surface area contributed by atoms with Gasteiger partial charge in [-0.15, -0.1) is 0 Å². The second kappa shape index (κ2) is 6.74. The molecule has 0 fully saturated rings. The summed E-state index contributed by atoms with van der Waals surface area (Å²) in [5, 5.41) is 0. The zero-order valence-electron chi connectivity index (χ0n) is 12.2. The third kappa shape index (κ3) is 3.51. The molecule has 0 spiro atoms. The number of hydrogen-bond donors (Lipinski definition) is 1. The van der Waals surface area contributed by atoms with Gasteiger partial charge in [0.15, 0.2) is 0 Å². The van der Waals surface area contributed by atoms with Gasteiger partial charge in [0.05, 0.1) is 36.3 Å². The van der Waals surface area contributed by atoms with Gasteiger partial charge in [-0.25, -0.2) is 4.79 Å². The lowest BCUT2D eigenvalue weighted by Gasteiger charge is -2.24. The molecular formula is C16H19N3O2. The van der Waals surface area contributed by atoms with Crippen LogP contribution in [-0.2, 0) is 11.3 Å². The smallest absolute Gasteiger partial charge is 0.337 e. The number of methoxy groups -OCH3 is 1. The first-order chi connectivity index (χ1) is 10.2. The van der Waals surface area contributed by atoms with E-state index in [2.05, 4.69) is 16.8 Å². The number of rotatable bonds is 5. The maximum absolute atomic E-state index is 11.5. The van der Waals surface area contributed by atoms with Crippen molar-refractivity contribution in [2.75, 3.05) is 24.3 Å². The molecule has 0 unspecified atom stereocenters. The van der Waals surface area contributed by atoms with E-state index in [9.17, 15) is 4.79 Å². The molecule has 0 aliphatic rings. The third-order valence-corrected chi connectivity index (χ3v) is 3.25. The summed E-state index contributed by atoms with van der Waals surface area (Å²) in [5.74, 6) is -0.388. The van der Waals surface area contributed by atoms with Crippen molar-refractivity contribution in [2.24, 2.45) is 0 Å². The summed E-state index contributed by atoms with van der Waals surface area (Å²) in [6.07, 6.45) is 1.77. The topological polar surface area (TPSA) is 68.5 Å². The van der Waals surface area contributed by atoms with Crippen LogP contribution in [0.15, 0.2) is 42.6 Å². The first kappa shape index (κ1) is 14.8. The van der Waals surface area contributed by atoms with E-state index in [1.54, 1.807) is 18.3 Å². The minimum absolute atomic E-state index is 0.388. The van der Waals surface area contributed by atoms with Crippen LogP contribution in [-0.4, -0.2) is 24.6 Å². The molecule has 1 aromatic heterocycles. The number of pyridine rings is 1. The first-order valence-corrected chi connectivity index (χ1v) is 6.78. The molecule has 1 heterocycles. The van der Waals surface area contributed by atoms with Crippen LogP contribution in [0, 0.1) is 0 Å². The summed E-state index contributed by atoms with van der Waals surface area (Å²) in [7, 11) is 1.35. The van der Waals surface area contributed by atoms with E-state index in [1.807, 2.05) is 24.3 Å². The normalized spacial score (nSPS) is 10.2. The Morgan fingerprint density at radius 2 is 2.14 bits per heavy atom. The second-order valence-corrected chi connectivity index (χ2v) is 4.60. The highest BCUT2D eigenvalue weighted by molar-refractivity contribution is 5.91. The molecule has 1 aromatic carbocycles. The fourth-order valence-corrected chi connectivity index (χ4v) is 2.14. The molecule has 0 bridgehead atoms. The van der Waals surface area contributed by atoms with Crippen molar-refractivity contribution in [2.45, 2.75) is 13.5 Å². The first-order valence-electron chi connectivity index (χ1n) is 6.78. The van der Waals surface area contributed by atoms with Crippen molar-refractivity contribution in [3.8, 4) is 0 Å². The summed E-state index contributed by atoms with van der Waals surface area (Å²) in [6, 6.07) is 11.0. The fraction of sp³-hybridized carbons (Fsp3) is 0.250. The van der Waals surface area contributed by atoms with Crippen molar-refractivity contribution >= 4 is 17.3 Å². The van der Waals surface area contributed by atoms with Crippen molar-refractivity contribution in [3.63, 3.8) is 0 Å². The van der Waals surface area contributed by atoms with Crippen molar-refractivity contribution in [3.05, 3.63) is 53.9 Å². The number of nitrogens with zero attached hydrogens (tertiary/aromatic N) is 2. The average Bonchev–Trinajstić information content (AvgIpc) is 2.53. The molecule has 0 radical (unpaired) electrons. The second-order valence-electron chi connectivity index (χ2n) is 4.60. The van der Waals surface area contributed by atoms with Crippen LogP contribution in [0.4, 0.5) is 11.4 Å². The summed E-state index contributed by atoms with van der Waals surface area (Å²) in [5.41, 5.74) is 8.93. The zero-order valence-corrected chi connectivity index (χ0v) is 12.2. The molecule has 2 rings (SSSR count). The summed E-state index contributed by atoms with van der Waals surface area (Å²) < 4.78 is 4.70. The standard InChI is InChI=1S/C16H19N3O2/c1-3-19(11-13-6-4-5-9-18-13)15-8-7-12(10-14(15)17)16(20)21-2/h4-10H,3,11,17H2,1-2H3. The van der Waals surface area contributed by atoms with Crippen LogP contribution in [0.3, 0.4) is 0 Å². The van der Waals surface area contributed by atoms with Gasteiger partial charge in [-0.3, -0.25) is 4.98 Å². The molecule has 0 saturated carbocycles. The minimum Gasteiger partial charge on any atom is -0.465 e.